The van der Waals surface area contributed by atoms with Crippen LogP contribution in [-0.2, 0) is 9.53 Å². The number of ether oxygens (including phenoxy) is 1. The Balaban J connectivity index is 2.19. The molecule has 0 aromatic heterocycles. The second-order valence-electron chi connectivity index (χ2n) is 2.84. The van der Waals surface area contributed by atoms with Gasteiger partial charge in [-0.2, -0.15) is 0 Å². The second kappa shape index (κ2) is 5.70. The third kappa shape index (κ3) is 3.46. The minimum atomic E-state index is 0.444. The lowest BCUT2D eigenvalue weighted by atomic mass is 10.0. The Bertz CT molecular complexity index is 189. The van der Waals surface area contributed by atoms with Crippen molar-refractivity contribution >= 4 is 6.08 Å². The Labute approximate surface area is 72.1 Å². The van der Waals surface area contributed by atoms with Gasteiger partial charge in [0.2, 0.25) is 6.08 Å². The summed E-state index contributed by atoms with van der Waals surface area (Å²) in [6.45, 7) is 2.14. The largest absolute Gasteiger partial charge is 0.381 e. The normalized spacial score (nSPS) is 23.8. The van der Waals surface area contributed by atoms with Crippen LogP contribution in [0.2, 0.25) is 0 Å². The van der Waals surface area contributed by atoms with Crippen LogP contribution in [0.5, 0.6) is 0 Å². The Morgan fingerprint density at radius 3 is 3.25 bits per heavy atom. The number of hydrogen-bond acceptors (Lipinski definition) is 3. The first-order chi connectivity index (χ1) is 5.93. The summed E-state index contributed by atoms with van der Waals surface area (Å²) in [5, 5.41) is 0. The van der Waals surface area contributed by atoms with Gasteiger partial charge in [0, 0.05) is 12.5 Å². The van der Waals surface area contributed by atoms with E-state index in [2.05, 4.69) is 11.1 Å². The van der Waals surface area contributed by atoms with Crippen molar-refractivity contribution in [3.63, 3.8) is 0 Å². The quantitative estimate of drug-likeness (QED) is 0.361. The van der Waals surface area contributed by atoms with E-state index < -0.39 is 0 Å². The summed E-state index contributed by atoms with van der Waals surface area (Å²) < 4.78 is 5.28. The summed E-state index contributed by atoms with van der Waals surface area (Å²) in [4.78, 5) is 13.1. The van der Waals surface area contributed by atoms with Gasteiger partial charge in [0.15, 0.2) is 0 Å². The van der Waals surface area contributed by atoms with Crippen LogP contribution < -0.4 is 0 Å². The van der Waals surface area contributed by atoms with Gasteiger partial charge < -0.3 is 4.74 Å². The van der Waals surface area contributed by atoms with E-state index in [1.54, 1.807) is 0 Å². The molecular weight excluding hydrogens is 154 g/mol. The van der Waals surface area contributed by atoms with Crippen molar-refractivity contribution in [2.45, 2.75) is 12.8 Å². The van der Waals surface area contributed by atoms with E-state index in [4.69, 9.17) is 4.74 Å². The molecule has 0 spiro atoms. The highest BCUT2D eigenvalue weighted by Crippen LogP contribution is 2.14. The monoisotopic (exact) mass is 167 g/mol. The van der Waals surface area contributed by atoms with Gasteiger partial charge in [0.05, 0.1) is 13.2 Å². The van der Waals surface area contributed by atoms with Crippen LogP contribution in [0, 0.1) is 5.92 Å². The highest BCUT2D eigenvalue weighted by Gasteiger charge is 2.09. The molecule has 0 aromatic rings. The molecule has 1 saturated heterocycles. The van der Waals surface area contributed by atoms with Crippen molar-refractivity contribution in [1.82, 2.24) is 0 Å². The van der Waals surface area contributed by atoms with Gasteiger partial charge in [-0.25, -0.2) is 9.79 Å². The van der Waals surface area contributed by atoms with Crippen LogP contribution in [-0.4, -0.2) is 25.8 Å². The molecule has 0 N–H and O–H groups in total. The number of carbonyl (C=O) groups excluding carboxylic acids is 1. The van der Waals surface area contributed by atoms with Crippen LogP contribution >= 0.6 is 0 Å². The molecule has 0 saturated carbocycles. The van der Waals surface area contributed by atoms with Gasteiger partial charge in [-0.3, -0.25) is 0 Å². The van der Waals surface area contributed by atoms with Gasteiger partial charge in [0.1, 0.15) is 0 Å². The zero-order chi connectivity index (χ0) is 8.65. The van der Waals surface area contributed by atoms with Gasteiger partial charge >= 0.3 is 0 Å². The molecule has 0 radical (unpaired) electrons. The average Bonchev–Trinajstić information content (AvgIpc) is 2.14. The summed E-state index contributed by atoms with van der Waals surface area (Å²) in [5.41, 5.74) is 0. The summed E-state index contributed by atoms with van der Waals surface area (Å²) in [6.07, 6.45) is 7.77. The zero-order valence-electron chi connectivity index (χ0n) is 7.03. The molecule has 0 aliphatic carbocycles. The van der Waals surface area contributed by atoms with Crippen molar-refractivity contribution in [3.8, 4) is 0 Å². The molecule has 1 fully saturated rings. The fraction of sp³-hybridized carbons (Fsp3) is 0.667. The Morgan fingerprint density at radius 1 is 1.67 bits per heavy atom. The Hall–Kier alpha value is -0.920. The number of nitrogens with zero attached hydrogens (tertiary/aromatic N) is 1. The van der Waals surface area contributed by atoms with E-state index in [9.17, 15) is 4.79 Å². The van der Waals surface area contributed by atoms with Crippen molar-refractivity contribution < 1.29 is 9.53 Å². The van der Waals surface area contributed by atoms with Crippen LogP contribution in [0.15, 0.2) is 17.1 Å². The summed E-state index contributed by atoms with van der Waals surface area (Å²) in [6, 6.07) is 0. The molecule has 1 aliphatic rings. The van der Waals surface area contributed by atoms with E-state index in [-0.39, 0.29) is 0 Å². The number of rotatable bonds is 3. The first kappa shape index (κ1) is 9.17. The van der Waals surface area contributed by atoms with Crippen LogP contribution in [0.1, 0.15) is 12.8 Å². The molecule has 3 heteroatoms. The van der Waals surface area contributed by atoms with Crippen molar-refractivity contribution in [2.24, 2.45) is 10.9 Å². The lowest BCUT2D eigenvalue weighted by Gasteiger charge is -2.18. The van der Waals surface area contributed by atoms with Crippen LogP contribution in [0.3, 0.4) is 0 Å². The fourth-order valence-corrected chi connectivity index (χ4v) is 1.26. The van der Waals surface area contributed by atoms with E-state index in [1.165, 1.54) is 12.5 Å². The molecule has 66 valence electrons. The minimum Gasteiger partial charge on any atom is -0.381 e. The van der Waals surface area contributed by atoms with Crippen molar-refractivity contribution in [3.05, 3.63) is 12.2 Å². The first-order valence-electron chi connectivity index (χ1n) is 4.21. The van der Waals surface area contributed by atoms with Gasteiger partial charge in [0.25, 0.3) is 0 Å². The summed E-state index contributed by atoms with van der Waals surface area (Å²) >= 11 is 0. The Morgan fingerprint density at radius 2 is 2.58 bits per heavy atom. The molecule has 1 atom stereocenters. The highest BCUT2D eigenvalue weighted by molar-refractivity contribution is 5.33. The molecule has 0 aromatic carbocycles. The standard InChI is InChI=1S/C9H13NO2/c11-8-10-5-1-3-9-4-2-6-12-7-9/h1,3,9H,2,4-7H2/b3-1-. The lowest BCUT2D eigenvalue weighted by molar-refractivity contribution is 0.0710. The SMILES string of the molecule is O=C=NC/C=C\C1CCCOC1. The molecule has 12 heavy (non-hydrogen) atoms. The average molecular weight is 167 g/mol. The molecule has 0 bridgehead atoms. The number of aliphatic imine (C=N–C) groups is 1. The number of hydrogen-bond donors (Lipinski definition) is 0. The van der Waals surface area contributed by atoms with E-state index >= 15 is 0 Å². The maximum absolute atomic E-state index is 9.71. The summed E-state index contributed by atoms with van der Waals surface area (Å²) in [7, 11) is 0. The van der Waals surface area contributed by atoms with E-state index in [0.29, 0.717) is 12.5 Å². The number of isocyanates is 1. The molecule has 1 heterocycles. The van der Waals surface area contributed by atoms with Crippen molar-refractivity contribution in [2.75, 3.05) is 19.8 Å². The molecule has 1 rings (SSSR count). The van der Waals surface area contributed by atoms with Gasteiger partial charge in [-0.1, -0.05) is 12.2 Å². The molecule has 1 aliphatic heterocycles. The predicted molar refractivity (Wildman–Crippen MR) is 45.7 cm³/mol. The molecule has 1 unspecified atom stereocenters. The zero-order valence-corrected chi connectivity index (χ0v) is 7.03. The van der Waals surface area contributed by atoms with Gasteiger partial charge in [-0.05, 0) is 12.8 Å². The van der Waals surface area contributed by atoms with Crippen LogP contribution in [0.25, 0.3) is 0 Å². The molecule has 0 amide bonds. The highest BCUT2D eigenvalue weighted by atomic mass is 16.5. The predicted octanol–water partition coefficient (Wildman–Crippen LogP) is 1.30. The third-order valence-corrected chi connectivity index (χ3v) is 1.87. The molecule has 3 nitrogen and oxygen atoms in total. The summed E-state index contributed by atoms with van der Waals surface area (Å²) in [5.74, 6) is 0.514. The maximum atomic E-state index is 9.71. The second-order valence-corrected chi connectivity index (χ2v) is 2.84. The lowest BCUT2D eigenvalue weighted by Crippen LogP contribution is -2.14. The van der Waals surface area contributed by atoms with E-state index in [0.717, 1.165) is 19.6 Å². The first-order valence-corrected chi connectivity index (χ1v) is 4.21. The third-order valence-electron chi connectivity index (χ3n) is 1.87. The smallest absolute Gasteiger partial charge is 0.235 e. The van der Waals surface area contributed by atoms with Gasteiger partial charge in [-0.15, -0.1) is 0 Å². The minimum absolute atomic E-state index is 0.444. The van der Waals surface area contributed by atoms with Crippen LogP contribution in [0.4, 0.5) is 0 Å². The Kier molecular flexibility index (Phi) is 4.35. The topological polar surface area (TPSA) is 38.7 Å². The van der Waals surface area contributed by atoms with E-state index in [1.807, 2.05) is 6.08 Å². The fourth-order valence-electron chi connectivity index (χ4n) is 1.26. The van der Waals surface area contributed by atoms with Crippen molar-refractivity contribution in [1.29, 1.82) is 0 Å². The maximum Gasteiger partial charge on any atom is 0.235 e. The molecular formula is C9H13NO2.